The Morgan fingerprint density at radius 2 is 2.00 bits per heavy atom. The molecule has 1 aliphatic heterocycles. The second-order valence-electron chi connectivity index (χ2n) is 6.09. The first-order valence-electron chi connectivity index (χ1n) is 7.54. The number of aryl methyl sites for hydroxylation is 1. The van der Waals surface area contributed by atoms with Gasteiger partial charge in [0.1, 0.15) is 0 Å². The lowest BCUT2D eigenvalue weighted by molar-refractivity contribution is 0.104. The summed E-state index contributed by atoms with van der Waals surface area (Å²) in [6.45, 7) is 2.12. The van der Waals surface area contributed by atoms with Crippen molar-refractivity contribution in [3.63, 3.8) is 0 Å². The smallest absolute Gasteiger partial charge is 0.175 e. The van der Waals surface area contributed by atoms with Crippen molar-refractivity contribution in [3.8, 4) is 0 Å². The third-order valence-electron chi connectivity index (χ3n) is 4.31. The Labute approximate surface area is 136 Å². The highest BCUT2D eigenvalue weighted by atomic mass is 32.2. The van der Waals surface area contributed by atoms with Crippen LogP contribution in [0.4, 0.5) is 0 Å². The van der Waals surface area contributed by atoms with Crippen LogP contribution in [0.1, 0.15) is 23.1 Å². The van der Waals surface area contributed by atoms with Crippen molar-refractivity contribution in [1.82, 2.24) is 14.5 Å². The highest BCUT2D eigenvalue weighted by Crippen LogP contribution is 2.21. The molecule has 0 aliphatic carbocycles. The van der Waals surface area contributed by atoms with E-state index < -0.39 is 15.9 Å². The van der Waals surface area contributed by atoms with Gasteiger partial charge in [-0.1, -0.05) is 12.1 Å². The molecule has 2 aromatic rings. The van der Waals surface area contributed by atoms with Crippen LogP contribution in [0.5, 0.6) is 0 Å². The van der Waals surface area contributed by atoms with Gasteiger partial charge < -0.3 is 9.67 Å². The molecule has 124 valence electrons. The minimum Gasteiger partial charge on any atom is -0.387 e. The number of aliphatic hydroxyl groups is 1. The van der Waals surface area contributed by atoms with E-state index in [9.17, 15) is 13.5 Å². The third-order valence-corrected chi connectivity index (χ3v) is 5.44. The monoisotopic (exact) mass is 335 g/mol. The van der Waals surface area contributed by atoms with Crippen molar-refractivity contribution in [2.45, 2.75) is 24.0 Å². The number of hydrogen-bond acceptors (Lipinski definition) is 5. The van der Waals surface area contributed by atoms with Gasteiger partial charge in [0.25, 0.3) is 0 Å². The summed E-state index contributed by atoms with van der Waals surface area (Å²) in [4.78, 5) is 6.84. The van der Waals surface area contributed by atoms with E-state index in [0.717, 1.165) is 30.8 Å². The number of sulfone groups is 1. The molecule has 0 fully saturated rings. The number of rotatable bonds is 4. The molecular weight excluding hydrogens is 314 g/mol. The molecule has 0 spiro atoms. The average Bonchev–Trinajstić information content (AvgIpc) is 2.87. The topological polar surface area (TPSA) is 75.4 Å². The van der Waals surface area contributed by atoms with Crippen LogP contribution in [0.15, 0.2) is 35.5 Å². The first kappa shape index (κ1) is 16.2. The van der Waals surface area contributed by atoms with Gasteiger partial charge in [0.05, 0.1) is 23.0 Å². The summed E-state index contributed by atoms with van der Waals surface area (Å²) in [6.07, 6.45) is 3.28. The van der Waals surface area contributed by atoms with Crippen molar-refractivity contribution >= 4 is 9.84 Å². The van der Waals surface area contributed by atoms with E-state index in [1.54, 1.807) is 24.3 Å². The average molecular weight is 335 g/mol. The first-order valence-corrected chi connectivity index (χ1v) is 9.43. The fourth-order valence-corrected chi connectivity index (χ4v) is 3.59. The molecule has 0 saturated carbocycles. The Hall–Kier alpha value is -1.70. The largest absolute Gasteiger partial charge is 0.387 e. The quantitative estimate of drug-likeness (QED) is 0.899. The van der Waals surface area contributed by atoms with E-state index in [1.165, 1.54) is 11.9 Å². The Kier molecular flexibility index (Phi) is 4.27. The van der Waals surface area contributed by atoms with E-state index in [0.29, 0.717) is 6.54 Å². The predicted molar refractivity (Wildman–Crippen MR) is 86.7 cm³/mol. The van der Waals surface area contributed by atoms with E-state index in [1.807, 2.05) is 17.9 Å². The van der Waals surface area contributed by atoms with Crippen LogP contribution < -0.4 is 0 Å². The van der Waals surface area contributed by atoms with Crippen molar-refractivity contribution in [1.29, 1.82) is 0 Å². The van der Waals surface area contributed by atoms with Crippen molar-refractivity contribution < 1.29 is 13.5 Å². The lowest BCUT2D eigenvalue weighted by Gasteiger charge is -2.28. The van der Waals surface area contributed by atoms with Gasteiger partial charge in [-0.25, -0.2) is 13.4 Å². The molecule has 3 rings (SSSR count). The van der Waals surface area contributed by atoms with E-state index in [2.05, 4.69) is 9.88 Å². The molecule has 0 amide bonds. The second kappa shape index (κ2) is 6.07. The fraction of sp³-hybridized carbons (Fsp3) is 0.438. The molecule has 0 saturated heterocycles. The van der Waals surface area contributed by atoms with Gasteiger partial charge >= 0.3 is 0 Å². The van der Waals surface area contributed by atoms with Crippen LogP contribution in [0.3, 0.4) is 0 Å². The summed E-state index contributed by atoms with van der Waals surface area (Å²) in [6, 6.07) is 6.44. The number of β-amino-alcohol motifs (C(OH)–C–C–N with tert-alkyl or cyclic N) is 1. The van der Waals surface area contributed by atoms with Gasteiger partial charge in [-0.2, -0.15) is 0 Å². The number of fused-ring (bicyclic) bond motifs is 1. The maximum atomic E-state index is 11.5. The highest BCUT2D eigenvalue weighted by molar-refractivity contribution is 7.90. The molecule has 7 heteroatoms. The standard InChI is InChI=1S/C16H21N3O3S/c1-18-11-17-14-9-19(8-7-15(14)18)10-16(20)12-3-5-13(6-4-12)23(2,21)22/h3-6,11,16,20H,7-10H2,1-2H3/t16-/m0/s1. The highest BCUT2D eigenvalue weighted by Gasteiger charge is 2.22. The molecule has 6 nitrogen and oxygen atoms in total. The molecule has 1 aromatic carbocycles. The van der Waals surface area contributed by atoms with E-state index in [-0.39, 0.29) is 4.90 Å². The van der Waals surface area contributed by atoms with Gasteiger partial charge in [0, 0.05) is 45.1 Å². The van der Waals surface area contributed by atoms with Gasteiger partial charge in [-0.15, -0.1) is 0 Å². The van der Waals surface area contributed by atoms with Crippen molar-refractivity contribution in [3.05, 3.63) is 47.5 Å². The predicted octanol–water partition coefficient (Wildman–Crippen LogP) is 0.915. The summed E-state index contributed by atoms with van der Waals surface area (Å²) in [5.74, 6) is 0. The summed E-state index contributed by atoms with van der Waals surface area (Å²) >= 11 is 0. The minimum atomic E-state index is -3.21. The first-order chi connectivity index (χ1) is 10.8. The second-order valence-corrected chi connectivity index (χ2v) is 8.11. The maximum absolute atomic E-state index is 11.5. The molecule has 2 heterocycles. The summed E-state index contributed by atoms with van der Waals surface area (Å²) < 4.78 is 25.0. The minimum absolute atomic E-state index is 0.268. The van der Waals surface area contributed by atoms with Crippen molar-refractivity contribution in [2.24, 2.45) is 7.05 Å². The van der Waals surface area contributed by atoms with E-state index >= 15 is 0 Å². The summed E-state index contributed by atoms with van der Waals surface area (Å²) in [7, 11) is -1.21. The van der Waals surface area contributed by atoms with Crippen LogP contribution in [0, 0.1) is 0 Å². The van der Waals surface area contributed by atoms with Crippen LogP contribution in [-0.2, 0) is 29.9 Å². The molecule has 1 N–H and O–H groups in total. The van der Waals surface area contributed by atoms with Crippen LogP contribution in [0.2, 0.25) is 0 Å². The van der Waals surface area contributed by atoms with Gasteiger partial charge in [-0.3, -0.25) is 4.90 Å². The maximum Gasteiger partial charge on any atom is 0.175 e. The molecule has 23 heavy (non-hydrogen) atoms. The lowest BCUT2D eigenvalue weighted by Crippen LogP contribution is -2.34. The number of aliphatic hydroxyl groups excluding tert-OH is 1. The van der Waals surface area contributed by atoms with Gasteiger partial charge in [-0.05, 0) is 17.7 Å². The number of hydrogen-bond donors (Lipinski definition) is 1. The third kappa shape index (κ3) is 3.46. The molecule has 0 radical (unpaired) electrons. The van der Waals surface area contributed by atoms with Gasteiger partial charge in [0.2, 0.25) is 0 Å². The Balaban J connectivity index is 1.67. The molecule has 1 atom stereocenters. The Morgan fingerprint density at radius 3 is 2.65 bits per heavy atom. The molecule has 0 bridgehead atoms. The van der Waals surface area contributed by atoms with Crippen LogP contribution >= 0.6 is 0 Å². The zero-order valence-electron chi connectivity index (χ0n) is 13.3. The van der Waals surface area contributed by atoms with Crippen LogP contribution in [0.25, 0.3) is 0 Å². The van der Waals surface area contributed by atoms with Crippen molar-refractivity contribution in [2.75, 3.05) is 19.3 Å². The molecule has 1 aromatic heterocycles. The Bertz CT molecular complexity index is 796. The zero-order chi connectivity index (χ0) is 16.6. The number of nitrogens with zero attached hydrogens (tertiary/aromatic N) is 3. The zero-order valence-corrected chi connectivity index (χ0v) is 14.1. The fourth-order valence-electron chi connectivity index (χ4n) is 2.95. The summed E-state index contributed by atoms with van der Waals surface area (Å²) in [5, 5.41) is 10.4. The van der Waals surface area contributed by atoms with Crippen LogP contribution in [-0.4, -0.2) is 47.3 Å². The molecule has 0 unspecified atom stereocenters. The number of benzene rings is 1. The number of aromatic nitrogens is 2. The molecule has 1 aliphatic rings. The SMILES string of the molecule is Cn1cnc2c1CCN(C[C@H](O)c1ccc(S(C)(=O)=O)cc1)C2. The Morgan fingerprint density at radius 1 is 1.30 bits per heavy atom. The van der Waals surface area contributed by atoms with Gasteiger partial charge in [0.15, 0.2) is 9.84 Å². The normalized spacial score (nSPS) is 17.0. The molecular formula is C16H21N3O3S. The lowest BCUT2D eigenvalue weighted by atomic mass is 10.1. The van der Waals surface area contributed by atoms with E-state index in [4.69, 9.17) is 0 Å². The summed E-state index contributed by atoms with van der Waals surface area (Å²) in [5.41, 5.74) is 3.05. The number of imidazole rings is 1.